The molecule has 3 aromatic rings. The highest BCUT2D eigenvalue weighted by Crippen LogP contribution is 2.34. The van der Waals surface area contributed by atoms with Gasteiger partial charge in [0, 0.05) is 0 Å². The van der Waals surface area contributed by atoms with E-state index in [0.717, 1.165) is 15.2 Å². The van der Waals surface area contributed by atoms with Crippen LogP contribution in [-0.4, -0.2) is 9.97 Å². The van der Waals surface area contributed by atoms with Crippen molar-refractivity contribution in [1.82, 2.24) is 9.97 Å². The lowest BCUT2D eigenvalue weighted by molar-refractivity contribution is 0.440. The van der Waals surface area contributed by atoms with Crippen LogP contribution in [0.25, 0.3) is 10.8 Å². The standard InChI is InChI=1S/C14H10BrN3O/c15-13-11-4-2-1-3-9(11)5-6-12(13)19-14-17-7-10(16)8-18-14/h1-8H,16H2. The number of aromatic nitrogens is 2. The summed E-state index contributed by atoms with van der Waals surface area (Å²) in [5.41, 5.74) is 6.04. The van der Waals surface area contributed by atoms with E-state index in [4.69, 9.17) is 10.5 Å². The quantitative estimate of drug-likeness (QED) is 0.782. The molecule has 0 spiro atoms. The van der Waals surface area contributed by atoms with Gasteiger partial charge in [-0.15, -0.1) is 0 Å². The van der Waals surface area contributed by atoms with Gasteiger partial charge in [-0.25, -0.2) is 9.97 Å². The molecule has 19 heavy (non-hydrogen) atoms. The van der Waals surface area contributed by atoms with E-state index < -0.39 is 0 Å². The third kappa shape index (κ3) is 2.37. The number of nitrogens with two attached hydrogens (primary N) is 1. The zero-order valence-electron chi connectivity index (χ0n) is 9.88. The Balaban J connectivity index is 2.01. The van der Waals surface area contributed by atoms with Crippen LogP contribution in [0.4, 0.5) is 5.69 Å². The van der Waals surface area contributed by atoms with Crippen molar-refractivity contribution >= 4 is 32.4 Å². The molecule has 0 atom stereocenters. The largest absolute Gasteiger partial charge is 0.423 e. The van der Waals surface area contributed by atoms with Gasteiger partial charge >= 0.3 is 6.01 Å². The molecule has 0 aliphatic rings. The van der Waals surface area contributed by atoms with Crippen LogP contribution in [0.2, 0.25) is 0 Å². The first-order valence-corrected chi connectivity index (χ1v) is 6.46. The summed E-state index contributed by atoms with van der Waals surface area (Å²) in [7, 11) is 0. The molecule has 0 unspecified atom stereocenters. The number of halogens is 1. The molecular weight excluding hydrogens is 306 g/mol. The molecule has 2 aromatic carbocycles. The Morgan fingerprint density at radius 2 is 1.74 bits per heavy atom. The molecule has 4 nitrogen and oxygen atoms in total. The summed E-state index contributed by atoms with van der Waals surface area (Å²) in [6, 6.07) is 12.2. The highest BCUT2D eigenvalue weighted by Gasteiger charge is 2.08. The number of anilines is 1. The predicted octanol–water partition coefficient (Wildman–Crippen LogP) is 3.77. The number of benzene rings is 2. The molecule has 94 valence electrons. The van der Waals surface area contributed by atoms with Crippen LogP contribution in [0, 0.1) is 0 Å². The Morgan fingerprint density at radius 3 is 2.53 bits per heavy atom. The first-order chi connectivity index (χ1) is 9.24. The summed E-state index contributed by atoms with van der Waals surface area (Å²) in [6.07, 6.45) is 3.02. The molecular formula is C14H10BrN3O. The van der Waals surface area contributed by atoms with Gasteiger partial charge in [-0.05, 0) is 32.8 Å². The summed E-state index contributed by atoms with van der Waals surface area (Å²) in [6.45, 7) is 0. The molecule has 0 bridgehead atoms. The van der Waals surface area contributed by atoms with Crippen molar-refractivity contribution in [2.45, 2.75) is 0 Å². The molecule has 0 amide bonds. The van der Waals surface area contributed by atoms with Crippen LogP contribution in [0.3, 0.4) is 0 Å². The van der Waals surface area contributed by atoms with Gasteiger partial charge in [0.15, 0.2) is 0 Å². The summed E-state index contributed by atoms with van der Waals surface area (Å²) in [4.78, 5) is 8.03. The Bertz CT molecular complexity index is 728. The molecule has 3 rings (SSSR count). The van der Waals surface area contributed by atoms with E-state index in [2.05, 4.69) is 25.9 Å². The van der Waals surface area contributed by atoms with Gasteiger partial charge in [0.25, 0.3) is 0 Å². The van der Waals surface area contributed by atoms with Gasteiger partial charge < -0.3 is 10.5 Å². The Labute approximate surface area is 118 Å². The minimum absolute atomic E-state index is 0.269. The van der Waals surface area contributed by atoms with Crippen molar-refractivity contribution in [3.8, 4) is 11.8 Å². The number of rotatable bonds is 2. The first kappa shape index (κ1) is 11.9. The number of nitrogens with zero attached hydrogens (tertiary/aromatic N) is 2. The number of hydrogen-bond donors (Lipinski definition) is 1. The smallest absolute Gasteiger partial charge is 0.322 e. The molecule has 0 fully saturated rings. The summed E-state index contributed by atoms with van der Waals surface area (Å²) in [5, 5.41) is 2.22. The fraction of sp³-hybridized carbons (Fsp3) is 0. The van der Waals surface area contributed by atoms with Crippen molar-refractivity contribution in [3.05, 3.63) is 53.3 Å². The fourth-order valence-electron chi connectivity index (χ4n) is 1.77. The number of ether oxygens (including phenoxy) is 1. The van der Waals surface area contributed by atoms with Crippen LogP contribution in [0.15, 0.2) is 53.3 Å². The lowest BCUT2D eigenvalue weighted by Gasteiger charge is -2.08. The van der Waals surface area contributed by atoms with Crippen LogP contribution in [0.1, 0.15) is 0 Å². The van der Waals surface area contributed by atoms with Crippen LogP contribution in [0.5, 0.6) is 11.8 Å². The summed E-state index contributed by atoms with van der Waals surface area (Å²) < 4.78 is 6.53. The summed E-state index contributed by atoms with van der Waals surface area (Å²) >= 11 is 3.55. The number of fused-ring (bicyclic) bond motifs is 1. The van der Waals surface area contributed by atoms with Gasteiger partial charge in [-0.2, -0.15) is 0 Å². The normalized spacial score (nSPS) is 10.6. The van der Waals surface area contributed by atoms with Crippen molar-refractivity contribution < 1.29 is 4.74 Å². The van der Waals surface area contributed by atoms with E-state index >= 15 is 0 Å². The second-order valence-corrected chi connectivity index (χ2v) is 4.79. The predicted molar refractivity (Wildman–Crippen MR) is 78.2 cm³/mol. The maximum Gasteiger partial charge on any atom is 0.322 e. The van der Waals surface area contributed by atoms with Crippen molar-refractivity contribution in [2.75, 3.05) is 5.73 Å². The van der Waals surface area contributed by atoms with E-state index in [0.29, 0.717) is 11.4 Å². The fourth-order valence-corrected chi connectivity index (χ4v) is 2.34. The average molecular weight is 316 g/mol. The molecule has 1 aromatic heterocycles. The second kappa shape index (κ2) is 4.85. The van der Waals surface area contributed by atoms with E-state index in [-0.39, 0.29) is 6.01 Å². The minimum atomic E-state index is 0.269. The topological polar surface area (TPSA) is 61.0 Å². The van der Waals surface area contributed by atoms with Gasteiger partial charge in [0.2, 0.25) is 0 Å². The molecule has 0 saturated heterocycles. The highest BCUT2D eigenvalue weighted by molar-refractivity contribution is 9.10. The Morgan fingerprint density at radius 1 is 1.00 bits per heavy atom. The van der Waals surface area contributed by atoms with Gasteiger partial charge in [-0.3, -0.25) is 0 Å². The molecule has 5 heteroatoms. The van der Waals surface area contributed by atoms with Crippen LogP contribution < -0.4 is 10.5 Å². The number of nitrogen functional groups attached to an aromatic ring is 1. The first-order valence-electron chi connectivity index (χ1n) is 5.66. The molecule has 0 radical (unpaired) electrons. The van der Waals surface area contributed by atoms with Gasteiger partial charge in [-0.1, -0.05) is 30.3 Å². The van der Waals surface area contributed by atoms with Crippen LogP contribution in [-0.2, 0) is 0 Å². The Kier molecular flexibility index (Phi) is 3.05. The zero-order chi connectivity index (χ0) is 13.2. The average Bonchev–Trinajstić information content (AvgIpc) is 2.45. The third-order valence-electron chi connectivity index (χ3n) is 2.68. The maximum atomic E-state index is 5.65. The lowest BCUT2D eigenvalue weighted by Crippen LogP contribution is -1.94. The maximum absolute atomic E-state index is 5.65. The Hall–Kier alpha value is -2.14. The minimum Gasteiger partial charge on any atom is -0.423 e. The van der Waals surface area contributed by atoms with E-state index in [1.54, 1.807) is 0 Å². The SMILES string of the molecule is Nc1cnc(Oc2ccc3ccccc3c2Br)nc1. The molecule has 0 aliphatic carbocycles. The molecule has 2 N–H and O–H groups in total. The lowest BCUT2D eigenvalue weighted by atomic mass is 10.1. The van der Waals surface area contributed by atoms with E-state index in [1.165, 1.54) is 12.4 Å². The van der Waals surface area contributed by atoms with Crippen molar-refractivity contribution in [3.63, 3.8) is 0 Å². The zero-order valence-corrected chi connectivity index (χ0v) is 11.5. The molecule has 1 heterocycles. The summed E-state index contributed by atoms with van der Waals surface area (Å²) in [5.74, 6) is 0.670. The van der Waals surface area contributed by atoms with E-state index in [1.807, 2.05) is 36.4 Å². The van der Waals surface area contributed by atoms with Gasteiger partial charge in [0.1, 0.15) is 5.75 Å². The van der Waals surface area contributed by atoms with Crippen molar-refractivity contribution in [2.24, 2.45) is 0 Å². The number of hydrogen-bond acceptors (Lipinski definition) is 4. The second-order valence-electron chi connectivity index (χ2n) is 4.00. The monoisotopic (exact) mass is 315 g/mol. The molecule has 0 aliphatic heterocycles. The molecule has 0 saturated carbocycles. The highest BCUT2D eigenvalue weighted by atomic mass is 79.9. The third-order valence-corrected chi connectivity index (χ3v) is 3.50. The van der Waals surface area contributed by atoms with Crippen LogP contribution >= 0.6 is 15.9 Å². The van der Waals surface area contributed by atoms with Gasteiger partial charge in [0.05, 0.1) is 22.6 Å². The van der Waals surface area contributed by atoms with Crippen molar-refractivity contribution in [1.29, 1.82) is 0 Å². The van der Waals surface area contributed by atoms with E-state index in [9.17, 15) is 0 Å².